The van der Waals surface area contributed by atoms with Gasteiger partial charge < -0.3 is 20.6 Å². The molecule has 0 atom stereocenters. The number of pyridine rings is 1. The third-order valence-corrected chi connectivity index (χ3v) is 7.10. The molecular weight excluding hydrogens is 408 g/mol. The monoisotopic (exact) mass is 436 g/mol. The summed E-state index contributed by atoms with van der Waals surface area (Å²) in [6, 6.07) is 11.5. The van der Waals surface area contributed by atoms with E-state index >= 15 is 0 Å². The SMILES string of the molecule is Nc1cnc2ccc(-c3ccc(O)c(Cl)c3)cc2c1N1CCC(CN2CCCC2)CC1. The lowest BCUT2D eigenvalue weighted by molar-refractivity contribution is 0.249. The average molecular weight is 437 g/mol. The number of nitrogen functional groups attached to an aromatic ring is 1. The highest BCUT2D eigenvalue weighted by Gasteiger charge is 2.25. The molecule has 2 aliphatic rings. The molecule has 162 valence electrons. The third-order valence-electron chi connectivity index (χ3n) is 6.79. The van der Waals surface area contributed by atoms with Crippen LogP contribution in [-0.2, 0) is 0 Å². The molecule has 0 unspecified atom stereocenters. The van der Waals surface area contributed by atoms with E-state index < -0.39 is 0 Å². The molecule has 2 aliphatic heterocycles. The van der Waals surface area contributed by atoms with E-state index in [0.717, 1.165) is 52.4 Å². The molecule has 0 amide bonds. The molecule has 5 nitrogen and oxygen atoms in total. The van der Waals surface area contributed by atoms with E-state index in [0.29, 0.717) is 5.02 Å². The first-order chi connectivity index (χ1) is 15.1. The van der Waals surface area contributed by atoms with Crippen LogP contribution in [0, 0.1) is 5.92 Å². The number of benzene rings is 2. The standard InChI is InChI=1S/C25H29ClN4O/c26-21-14-19(4-6-24(21)31)18-3-5-23-20(13-18)25(22(27)15-28-23)30-11-7-17(8-12-30)16-29-9-1-2-10-29/h3-6,13-15,17,31H,1-2,7-12,16,27H2. The molecule has 0 bridgehead atoms. The molecule has 2 aromatic carbocycles. The Morgan fingerprint density at radius 3 is 2.45 bits per heavy atom. The molecule has 1 aromatic heterocycles. The van der Waals surface area contributed by atoms with Gasteiger partial charge in [0.1, 0.15) is 5.75 Å². The van der Waals surface area contributed by atoms with Crippen molar-refractivity contribution < 1.29 is 5.11 Å². The Bertz CT molecular complexity index is 1090. The van der Waals surface area contributed by atoms with E-state index in [1.807, 2.05) is 18.2 Å². The average Bonchev–Trinajstić information content (AvgIpc) is 3.29. The summed E-state index contributed by atoms with van der Waals surface area (Å²) in [6.07, 6.45) is 6.89. The third kappa shape index (κ3) is 4.17. The van der Waals surface area contributed by atoms with Crippen LogP contribution in [0.1, 0.15) is 25.7 Å². The summed E-state index contributed by atoms with van der Waals surface area (Å²) in [5.74, 6) is 0.869. The van der Waals surface area contributed by atoms with Crippen molar-refractivity contribution in [2.75, 3.05) is 43.4 Å². The lowest BCUT2D eigenvalue weighted by Gasteiger charge is -2.36. The predicted molar refractivity (Wildman–Crippen MR) is 129 cm³/mol. The van der Waals surface area contributed by atoms with Crippen molar-refractivity contribution in [3.8, 4) is 16.9 Å². The van der Waals surface area contributed by atoms with Gasteiger partial charge in [-0.1, -0.05) is 23.7 Å². The number of phenolic OH excluding ortho intramolecular Hbond substituents is 1. The molecule has 6 heteroatoms. The van der Waals surface area contributed by atoms with Crippen LogP contribution in [0.3, 0.4) is 0 Å². The summed E-state index contributed by atoms with van der Waals surface area (Å²) >= 11 is 6.14. The minimum absolute atomic E-state index is 0.0922. The van der Waals surface area contributed by atoms with Gasteiger partial charge >= 0.3 is 0 Å². The minimum Gasteiger partial charge on any atom is -0.506 e. The fourth-order valence-corrected chi connectivity index (χ4v) is 5.26. The smallest absolute Gasteiger partial charge is 0.134 e. The van der Waals surface area contributed by atoms with Crippen LogP contribution in [0.15, 0.2) is 42.6 Å². The Kier molecular flexibility index (Phi) is 5.63. The maximum Gasteiger partial charge on any atom is 0.134 e. The first-order valence-corrected chi connectivity index (χ1v) is 11.6. The molecule has 3 aromatic rings. The fraction of sp³-hybridized carbons (Fsp3) is 0.400. The van der Waals surface area contributed by atoms with Crippen LogP contribution < -0.4 is 10.6 Å². The van der Waals surface area contributed by atoms with Gasteiger partial charge in [0.25, 0.3) is 0 Å². The predicted octanol–water partition coefficient (Wildman–Crippen LogP) is 5.16. The quantitative estimate of drug-likeness (QED) is 0.591. The van der Waals surface area contributed by atoms with Gasteiger partial charge in [-0.25, -0.2) is 0 Å². The molecular formula is C25H29ClN4O. The maximum atomic E-state index is 9.76. The second kappa shape index (κ2) is 8.56. The number of hydrogen-bond acceptors (Lipinski definition) is 5. The Morgan fingerprint density at radius 2 is 1.71 bits per heavy atom. The fourth-order valence-electron chi connectivity index (χ4n) is 5.08. The van der Waals surface area contributed by atoms with Crippen LogP contribution in [0.25, 0.3) is 22.0 Å². The lowest BCUT2D eigenvalue weighted by Crippen LogP contribution is -2.38. The number of piperidine rings is 1. The zero-order valence-corrected chi connectivity index (χ0v) is 18.5. The molecule has 2 saturated heterocycles. The number of aromatic nitrogens is 1. The summed E-state index contributed by atoms with van der Waals surface area (Å²) in [4.78, 5) is 9.63. The Labute approximate surface area is 188 Å². The first-order valence-electron chi connectivity index (χ1n) is 11.2. The van der Waals surface area contributed by atoms with Gasteiger partial charge in [-0.2, -0.15) is 0 Å². The Morgan fingerprint density at radius 1 is 1.00 bits per heavy atom. The van der Waals surface area contributed by atoms with Crippen molar-refractivity contribution >= 4 is 33.9 Å². The zero-order valence-electron chi connectivity index (χ0n) is 17.7. The first kappa shape index (κ1) is 20.4. The molecule has 3 N–H and O–H groups in total. The molecule has 0 radical (unpaired) electrons. The van der Waals surface area contributed by atoms with Crippen LogP contribution in [0.4, 0.5) is 11.4 Å². The molecule has 5 rings (SSSR count). The van der Waals surface area contributed by atoms with Crippen molar-refractivity contribution in [3.63, 3.8) is 0 Å². The van der Waals surface area contributed by atoms with E-state index in [1.54, 1.807) is 18.3 Å². The summed E-state index contributed by atoms with van der Waals surface area (Å²) < 4.78 is 0. The van der Waals surface area contributed by atoms with Crippen LogP contribution in [0.2, 0.25) is 5.02 Å². The Balaban J connectivity index is 1.42. The summed E-state index contributed by atoms with van der Waals surface area (Å²) in [5.41, 5.74) is 11.2. The number of anilines is 2. The van der Waals surface area contributed by atoms with E-state index in [4.69, 9.17) is 17.3 Å². The number of nitrogens with zero attached hydrogens (tertiary/aromatic N) is 3. The number of hydrogen-bond donors (Lipinski definition) is 2. The minimum atomic E-state index is 0.0922. The number of likely N-dealkylation sites (tertiary alicyclic amines) is 1. The highest BCUT2D eigenvalue weighted by Crippen LogP contribution is 2.37. The number of aromatic hydroxyl groups is 1. The van der Waals surface area contributed by atoms with Gasteiger partial charge in [0.15, 0.2) is 0 Å². The summed E-state index contributed by atoms with van der Waals surface area (Å²) in [5, 5.41) is 11.2. The van der Waals surface area contributed by atoms with E-state index in [1.165, 1.54) is 45.3 Å². The number of nitrogens with two attached hydrogens (primary N) is 1. The van der Waals surface area contributed by atoms with Crippen molar-refractivity contribution in [1.29, 1.82) is 0 Å². The van der Waals surface area contributed by atoms with Crippen molar-refractivity contribution in [1.82, 2.24) is 9.88 Å². The summed E-state index contributed by atoms with van der Waals surface area (Å²) in [6.45, 7) is 5.83. The van der Waals surface area contributed by atoms with Crippen LogP contribution >= 0.6 is 11.6 Å². The van der Waals surface area contributed by atoms with Crippen LogP contribution in [0.5, 0.6) is 5.75 Å². The van der Waals surface area contributed by atoms with E-state index in [9.17, 15) is 5.11 Å². The normalized spacial score (nSPS) is 18.2. The number of phenols is 1. The van der Waals surface area contributed by atoms with Gasteiger partial charge in [0.2, 0.25) is 0 Å². The molecule has 0 spiro atoms. The molecule has 3 heterocycles. The van der Waals surface area contributed by atoms with Crippen molar-refractivity contribution in [3.05, 3.63) is 47.6 Å². The highest BCUT2D eigenvalue weighted by molar-refractivity contribution is 6.32. The molecule has 2 fully saturated rings. The Hall–Kier alpha value is -2.50. The van der Waals surface area contributed by atoms with Crippen molar-refractivity contribution in [2.24, 2.45) is 5.92 Å². The molecule has 31 heavy (non-hydrogen) atoms. The van der Waals surface area contributed by atoms with Crippen LogP contribution in [-0.4, -0.2) is 47.7 Å². The zero-order chi connectivity index (χ0) is 21.4. The number of fused-ring (bicyclic) bond motifs is 1. The van der Waals surface area contributed by atoms with E-state index in [2.05, 4.69) is 20.9 Å². The van der Waals surface area contributed by atoms with Gasteiger partial charge in [-0.05, 0) is 80.1 Å². The lowest BCUT2D eigenvalue weighted by atomic mass is 9.95. The van der Waals surface area contributed by atoms with Crippen molar-refractivity contribution in [2.45, 2.75) is 25.7 Å². The maximum absolute atomic E-state index is 9.76. The number of halogens is 1. The molecule has 0 aliphatic carbocycles. The van der Waals surface area contributed by atoms with E-state index in [-0.39, 0.29) is 5.75 Å². The van der Waals surface area contributed by atoms with Gasteiger partial charge in [-0.15, -0.1) is 0 Å². The second-order valence-electron chi connectivity index (χ2n) is 8.90. The van der Waals surface area contributed by atoms with Gasteiger partial charge in [0.05, 0.1) is 28.1 Å². The van der Waals surface area contributed by atoms with Gasteiger partial charge in [0, 0.05) is 25.0 Å². The topological polar surface area (TPSA) is 65.6 Å². The molecule has 0 saturated carbocycles. The number of rotatable bonds is 4. The van der Waals surface area contributed by atoms with Gasteiger partial charge in [-0.3, -0.25) is 4.98 Å². The largest absolute Gasteiger partial charge is 0.506 e. The summed E-state index contributed by atoms with van der Waals surface area (Å²) in [7, 11) is 0. The second-order valence-corrected chi connectivity index (χ2v) is 9.31. The highest BCUT2D eigenvalue weighted by atomic mass is 35.5.